The molecule has 0 saturated carbocycles. The molecule has 0 radical (unpaired) electrons. The third-order valence-electron chi connectivity index (χ3n) is 3.53. The van der Waals surface area contributed by atoms with Crippen LogP contribution in [-0.2, 0) is 5.41 Å². The molecular weight excluding hydrogens is 198 g/mol. The second-order valence-electron chi connectivity index (χ2n) is 4.58. The Morgan fingerprint density at radius 3 is 2.50 bits per heavy atom. The molecule has 1 aliphatic rings. The largest absolute Gasteiger partial charge is 0.398 e. The lowest BCUT2D eigenvalue weighted by molar-refractivity contribution is 0.222. The molecule has 1 heterocycles. The van der Waals surface area contributed by atoms with Crippen molar-refractivity contribution >= 4 is 5.69 Å². The molecule has 1 fully saturated rings. The summed E-state index contributed by atoms with van der Waals surface area (Å²) >= 11 is 0. The Bertz CT molecular complexity index is 411. The van der Waals surface area contributed by atoms with Gasteiger partial charge in [0.25, 0.3) is 0 Å². The number of nitrogens with zero attached hydrogens (tertiary/aromatic N) is 2. The molecule has 1 saturated heterocycles. The van der Waals surface area contributed by atoms with Gasteiger partial charge in [0.1, 0.15) is 0 Å². The van der Waals surface area contributed by atoms with Gasteiger partial charge in [-0.25, -0.2) is 0 Å². The topological polar surface area (TPSA) is 53.0 Å². The van der Waals surface area contributed by atoms with Crippen molar-refractivity contribution in [3.05, 3.63) is 29.8 Å². The summed E-state index contributed by atoms with van der Waals surface area (Å²) in [5, 5.41) is 9.48. The molecule has 1 aromatic carbocycles. The van der Waals surface area contributed by atoms with Crippen molar-refractivity contribution in [3.8, 4) is 6.07 Å². The molecule has 0 bridgehead atoms. The van der Waals surface area contributed by atoms with Gasteiger partial charge in [-0.15, -0.1) is 0 Å². The minimum absolute atomic E-state index is 0.377. The van der Waals surface area contributed by atoms with E-state index in [9.17, 15) is 5.26 Å². The molecule has 1 aromatic rings. The van der Waals surface area contributed by atoms with Gasteiger partial charge in [0.2, 0.25) is 0 Å². The highest BCUT2D eigenvalue weighted by Gasteiger charge is 2.36. The van der Waals surface area contributed by atoms with Gasteiger partial charge >= 0.3 is 0 Å². The fraction of sp³-hybridized carbons (Fsp3) is 0.462. The Balaban J connectivity index is 2.37. The van der Waals surface area contributed by atoms with Gasteiger partial charge in [-0.05, 0) is 44.6 Å². The maximum absolute atomic E-state index is 9.48. The normalized spacial score (nSPS) is 20.2. The lowest BCUT2D eigenvalue weighted by Crippen LogP contribution is -2.40. The number of hydrogen-bond donors (Lipinski definition) is 1. The summed E-state index contributed by atoms with van der Waals surface area (Å²) in [7, 11) is 2.09. The van der Waals surface area contributed by atoms with E-state index in [1.165, 1.54) is 0 Å². The molecule has 0 atom stereocenters. The van der Waals surface area contributed by atoms with Gasteiger partial charge < -0.3 is 10.6 Å². The molecule has 84 valence electrons. The summed E-state index contributed by atoms with van der Waals surface area (Å²) in [6, 6.07) is 10.2. The number of anilines is 1. The van der Waals surface area contributed by atoms with Gasteiger partial charge in [-0.2, -0.15) is 5.26 Å². The number of nitriles is 1. The van der Waals surface area contributed by atoms with Crippen LogP contribution < -0.4 is 5.73 Å². The van der Waals surface area contributed by atoms with Crippen molar-refractivity contribution in [2.45, 2.75) is 18.3 Å². The molecule has 3 nitrogen and oxygen atoms in total. The predicted molar refractivity (Wildman–Crippen MR) is 64.9 cm³/mol. The minimum Gasteiger partial charge on any atom is -0.398 e. The Morgan fingerprint density at radius 2 is 1.94 bits per heavy atom. The number of likely N-dealkylation sites (tertiary alicyclic amines) is 1. The van der Waals surface area contributed by atoms with Crippen molar-refractivity contribution in [3.63, 3.8) is 0 Å². The fourth-order valence-corrected chi connectivity index (χ4v) is 2.37. The van der Waals surface area contributed by atoms with Gasteiger partial charge in [0.15, 0.2) is 0 Å². The van der Waals surface area contributed by atoms with Crippen LogP contribution >= 0.6 is 0 Å². The van der Waals surface area contributed by atoms with E-state index in [2.05, 4.69) is 18.0 Å². The molecular formula is C13H17N3. The lowest BCUT2D eigenvalue weighted by Gasteiger charge is -2.36. The van der Waals surface area contributed by atoms with Crippen LogP contribution in [0.5, 0.6) is 0 Å². The lowest BCUT2D eigenvalue weighted by atomic mass is 9.73. The van der Waals surface area contributed by atoms with E-state index in [1.54, 1.807) is 0 Å². The van der Waals surface area contributed by atoms with Crippen LogP contribution in [0.15, 0.2) is 24.3 Å². The Labute approximate surface area is 96.5 Å². The van der Waals surface area contributed by atoms with Crippen LogP contribution in [0.4, 0.5) is 5.69 Å². The smallest absolute Gasteiger partial charge is 0.0866 e. The number of nitrogens with two attached hydrogens (primary N) is 1. The van der Waals surface area contributed by atoms with Crippen molar-refractivity contribution in [1.29, 1.82) is 5.26 Å². The highest BCUT2D eigenvalue weighted by atomic mass is 15.1. The number of nitrogen functional groups attached to an aromatic ring is 1. The van der Waals surface area contributed by atoms with Crippen molar-refractivity contribution in [1.82, 2.24) is 4.90 Å². The van der Waals surface area contributed by atoms with Gasteiger partial charge in [0.05, 0.1) is 11.5 Å². The van der Waals surface area contributed by atoms with Crippen LogP contribution in [0.3, 0.4) is 0 Å². The average Bonchev–Trinajstić information content (AvgIpc) is 2.32. The molecule has 1 aliphatic heterocycles. The third-order valence-corrected chi connectivity index (χ3v) is 3.53. The number of hydrogen-bond acceptors (Lipinski definition) is 3. The van der Waals surface area contributed by atoms with Crippen molar-refractivity contribution < 1.29 is 0 Å². The van der Waals surface area contributed by atoms with E-state index in [4.69, 9.17) is 5.73 Å². The summed E-state index contributed by atoms with van der Waals surface area (Å²) < 4.78 is 0. The van der Waals surface area contributed by atoms with E-state index in [0.717, 1.165) is 37.2 Å². The first-order valence-corrected chi connectivity index (χ1v) is 5.63. The molecule has 2 N–H and O–H groups in total. The standard InChI is InChI=1S/C13H17N3/c1-16-8-6-13(10-14,7-9-16)11-4-2-3-5-12(11)15/h2-5H,6-9,15H2,1H3. The zero-order valence-electron chi connectivity index (χ0n) is 9.61. The second kappa shape index (κ2) is 4.15. The highest BCUT2D eigenvalue weighted by molar-refractivity contribution is 5.53. The first kappa shape index (κ1) is 11.0. The van der Waals surface area contributed by atoms with E-state index < -0.39 is 0 Å². The quantitative estimate of drug-likeness (QED) is 0.726. The zero-order chi connectivity index (χ0) is 11.6. The van der Waals surface area contributed by atoms with Crippen LogP contribution in [0, 0.1) is 11.3 Å². The SMILES string of the molecule is CN1CCC(C#N)(c2ccccc2N)CC1. The monoisotopic (exact) mass is 215 g/mol. The summed E-state index contributed by atoms with van der Waals surface area (Å²) in [6.45, 7) is 1.92. The maximum Gasteiger partial charge on any atom is 0.0866 e. The fourth-order valence-electron chi connectivity index (χ4n) is 2.37. The molecule has 0 amide bonds. The molecule has 0 aliphatic carbocycles. The van der Waals surface area contributed by atoms with Crippen LogP contribution in [0.25, 0.3) is 0 Å². The summed E-state index contributed by atoms with van der Waals surface area (Å²) in [5.74, 6) is 0. The molecule has 2 rings (SSSR count). The molecule has 0 unspecified atom stereocenters. The first-order chi connectivity index (χ1) is 7.68. The van der Waals surface area contributed by atoms with E-state index in [0.29, 0.717) is 0 Å². The minimum atomic E-state index is -0.377. The van der Waals surface area contributed by atoms with E-state index in [1.807, 2.05) is 24.3 Å². The van der Waals surface area contributed by atoms with Crippen molar-refractivity contribution in [2.75, 3.05) is 25.9 Å². The van der Waals surface area contributed by atoms with E-state index in [-0.39, 0.29) is 5.41 Å². The maximum atomic E-state index is 9.48. The van der Waals surface area contributed by atoms with E-state index >= 15 is 0 Å². The highest BCUT2D eigenvalue weighted by Crippen LogP contribution is 2.37. The first-order valence-electron chi connectivity index (χ1n) is 5.63. The van der Waals surface area contributed by atoms with Gasteiger partial charge in [-0.1, -0.05) is 18.2 Å². The second-order valence-corrected chi connectivity index (χ2v) is 4.58. The Kier molecular flexibility index (Phi) is 2.84. The van der Waals surface area contributed by atoms with Gasteiger partial charge in [-0.3, -0.25) is 0 Å². The molecule has 0 aromatic heterocycles. The number of piperidine rings is 1. The predicted octanol–water partition coefficient (Wildman–Crippen LogP) is 1.76. The van der Waals surface area contributed by atoms with Crippen LogP contribution in [-0.4, -0.2) is 25.0 Å². The van der Waals surface area contributed by atoms with Crippen LogP contribution in [0.1, 0.15) is 18.4 Å². The third kappa shape index (κ3) is 1.77. The summed E-state index contributed by atoms with van der Waals surface area (Å²) in [4.78, 5) is 2.26. The number of rotatable bonds is 1. The Morgan fingerprint density at radius 1 is 1.31 bits per heavy atom. The van der Waals surface area contributed by atoms with Gasteiger partial charge in [0, 0.05) is 5.69 Å². The average molecular weight is 215 g/mol. The van der Waals surface area contributed by atoms with Crippen LogP contribution in [0.2, 0.25) is 0 Å². The molecule has 16 heavy (non-hydrogen) atoms. The summed E-state index contributed by atoms with van der Waals surface area (Å²) in [5.41, 5.74) is 7.35. The van der Waals surface area contributed by atoms with Crippen molar-refractivity contribution in [2.24, 2.45) is 0 Å². The molecule has 3 heteroatoms. The Hall–Kier alpha value is -1.53. The molecule has 0 spiro atoms. The summed E-state index contributed by atoms with van der Waals surface area (Å²) in [6.07, 6.45) is 1.74. The zero-order valence-corrected chi connectivity index (χ0v) is 9.61. The number of para-hydroxylation sites is 1. The number of benzene rings is 1.